The summed E-state index contributed by atoms with van der Waals surface area (Å²) < 4.78 is 23.7. The maximum atomic E-state index is 13.3. The summed E-state index contributed by atoms with van der Waals surface area (Å²) in [5.41, 5.74) is 0.757. The van der Waals surface area contributed by atoms with Gasteiger partial charge >= 0.3 is 5.97 Å². The summed E-state index contributed by atoms with van der Waals surface area (Å²) in [5, 5.41) is 11.4. The van der Waals surface area contributed by atoms with E-state index in [-0.39, 0.29) is 36.6 Å². The summed E-state index contributed by atoms with van der Waals surface area (Å²) in [5.74, 6) is -1.82. The van der Waals surface area contributed by atoms with E-state index in [4.69, 9.17) is 14.3 Å². The molecule has 0 unspecified atom stereocenters. The van der Waals surface area contributed by atoms with Crippen molar-refractivity contribution in [3.8, 4) is 5.75 Å². The molecule has 0 bridgehead atoms. The highest BCUT2D eigenvalue weighted by atomic mass is 19.1. The molecule has 1 heterocycles. The Morgan fingerprint density at radius 2 is 2.09 bits per heavy atom. The zero-order chi connectivity index (χ0) is 16.8. The van der Waals surface area contributed by atoms with Crippen molar-refractivity contribution in [2.45, 2.75) is 13.3 Å². The van der Waals surface area contributed by atoms with Crippen molar-refractivity contribution in [3.63, 3.8) is 0 Å². The van der Waals surface area contributed by atoms with Gasteiger partial charge in [-0.2, -0.15) is 0 Å². The van der Waals surface area contributed by atoms with E-state index in [9.17, 15) is 14.0 Å². The Balaban J connectivity index is 1.89. The number of furan rings is 1. The fraction of sp³-hybridized carbons (Fsp3) is 0.250. The minimum atomic E-state index is -1.09. The fourth-order valence-electron chi connectivity index (χ4n) is 2.05. The Morgan fingerprint density at radius 3 is 2.78 bits per heavy atom. The highest BCUT2D eigenvalue weighted by Crippen LogP contribution is 2.17. The van der Waals surface area contributed by atoms with Crippen LogP contribution in [0.15, 0.2) is 34.9 Å². The molecule has 2 N–H and O–H groups in total. The average molecular weight is 321 g/mol. The van der Waals surface area contributed by atoms with Gasteiger partial charge in [0.25, 0.3) is 5.91 Å². The second-order valence-electron chi connectivity index (χ2n) is 4.82. The number of amides is 1. The largest absolute Gasteiger partial charge is 0.489 e. The van der Waals surface area contributed by atoms with Gasteiger partial charge in [-0.25, -0.2) is 4.39 Å². The number of nitrogens with one attached hydrogen (secondary N) is 1. The van der Waals surface area contributed by atoms with Gasteiger partial charge in [0, 0.05) is 5.56 Å². The first-order chi connectivity index (χ1) is 11.0. The molecule has 1 amide bonds. The Bertz CT molecular complexity index is 710. The molecule has 0 saturated heterocycles. The van der Waals surface area contributed by atoms with Crippen LogP contribution in [0.3, 0.4) is 0 Å². The molecule has 2 rings (SSSR count). The van der Waals surface area contributed by atoms with Crippen LogP contribution in [0.2, 0.25) is 0 Å². The number of para-hydroxylation sites is 1. The third-order valence-electron chi connectivity index (χ3n) is 3.07. The number of ether oxygens (including phenoxy) is 1. The molecule has 0 atom stereocenters. The number of carbonyl (C=O) groups excluding carboxylic acids is 1. The summed E-state index contributed by atoms with van der Waals surface area (Å²) >= 11 is 0. The highest BCUT2D eigenvalue weighted by Gasteiger charge is 2.20. The number of carbonyl (C=O) groups is 2. The summed E-state index contributed by atoms with van der Waals surface area (Å²) in [4.78, 5) is 22.9. The topological polar surface area (TPSA) is 88.8 Å². The smallest absolute Gasteiger partial charge is 0.311 e. The lowest BCUT2D eigenvalue weighted by molar-refractivity contribution is -0.136. The summed E-state index contributed by atoms with van der Waals surface area (Å²) in [6.07, 6.45) is 0.964. The van der Waals surface area contributed by atoms with E-state index in [1.807, 2.05) is 0 Å². The maximum Gasteiger partial charge on any atom is 0.311 e. The number of carboxylic acids is 1. The zero-order valence-electron chi connectivity index (χ0n) is 12.5. The summed E-state index contributed by atoms with van der Waals surface area (Å²) in [7, 11) is 0. The van der Waals surface area contributed by atoms with Crippen LogP contribution in [0.4, 0.5) is 4.39 Å². The van der Waals surface area contributed by atoms with Gasteiger partial charge < -0.3 is 19.6 Å². The van der Waals surface area contributed by atoms with Crippen LogP contribution < -0.4 is 10.1 Å². The third kappa shape index (κ3) is 4.32. The molecule has 0 aliphatic carbocycles. The molecule has 0 radical (unpaired) electrons. The molecule has 1 aromatic heterocycles. The van der Waals surface area contributed by atoms with Crippen molar-refractivity contribution in [2.24, 2.45) is 0 Å². The summed E-state index contributed by atoms with van der Waals surface area (Å²) in [6, 6.07) is 5.96. The number of rotatable bonds is 7. The van der Waals surface area contributed by atoms with Crippen LogP contribution in [0.5, 0.6) is 5.75 Å². The molecule has 6 nitrogen and oxygen atoms in total. The predicted molar refractivity (Wildman–Crippen MR) is 79.0 cm³/mol. The van der Waals surface area contributed by atoms with Crippen LogP contribution in [0.25, 0.3) is 0 Å². The predicted octanol–water partition coefficient (Wildman–Crippen LogP) is 2.16. The second-order valence-corrected chi connectivity index (χ2v) is 4.82. The monoisotopic (exact) mass is 321 g/mol. The number of aliphatic carboxylic acids is 1. The molecule has 0 aliphatic heterocycles. The van der Waals surface area contributed by atoms with Gasteiger partial charge in [-0.15, -0.1) is 0 Å². The van der Waals surface area contributed by atoms with E-state index >= 15 is 0 Å². The Labute approximate surface area is 131 Å². The average Bonchev–Trinajstić information content (AvgIpc) is 2.85. The first-order valence-corrected chi connectivity index (χ1v) is 6.93. The molecule has 0 spiro atoms. The molecule has 1 aromatic carbocycles. The van der Waals surface area contributed by atoms with Crippen molar-refractivity contribution in [3.05, 3.63) is 53.2 Å². The lowest BCUT2D eigenvalue weighted by atomic mass is 10.1. The van der Waals surface area contributed by atoms with E-state index in [1.165, 1.54) is 18.4 Å². The van der Waals surface area contributed by atoms with Crippen molar-refractivity contribution in [1.82, 2.24) is 5.32 Å². The van der Waals surface area contributed by atoms with Gasteiger partial charge in [0.15, 0.2) is 11.6 Å². The standard InChI is InChI=1S/C16H16FNO5/c1-10-9-23-13(8-14(19)20)15(10)16(21)18-6-7-22-12-5-3-2-4-11(12)17/h2-5,9H,6-8H2,1H3,(H,18,21)(H,19,20). The quantitative estimate of drug-likeness (QED) is 0.763. The minimum absolute atomic E-state index is 0.0812. The Kier molecular flexibility index (Phi) is 5.35. The highest BCUT2D eigenvalue weighted by molar-refractivity contribution is 5.97. The van der Waals surface area contributed by atoms with Crippen LogP contribution in [-0.2, 0) is 11.2 Å². The first-order valence-electron chi connectivity index (χ1n) is 6.93. The first kappa shape index (κ1) is 16.5. The van der Waals surface area contributed by atoms with Crippen molar-refractivity contribution in [2.75, 3.05) is 13.2 Å². The van der Waals surface area contributed by atoms with Crippen molar-refractivity contribution >= 4 is 11.9 Å². The van der Waals surface area contributed by atoms with Gasteiger partial charge in [0.1, 0.15) is 18.8 Å². The fourth-order valence-corrected chi connectivity index (χ4v) is 2.05. The number of halogens is 1. The van der Waals surface area contributed by atoms with Crippen molar-refractivity contribution in [1.29, 1.82) is 0 Å². The molecule has 23 heavy (non-hydrogen) atoms. The number of benzene rings is 1. The lowest BCUT2D eigenvalue weighted by Gasteiger charge is -2.08. The number of hydrogen-bond donors (Lipinski definition) is 2. The molecule has 0 fully saturated rings. The number of carboxylic acid groups (broad SMARTS) is 1. The molecular formula is C16H16FNO5. The maximum absolute atomic E-state index is 13.3. The van der Waals surface area contributed by atoms with E-state index < -0.39 is 17.7 Å². The summed E-state index contributed by atoms with van der Waals surface area (Å²) in [6.45, 7) is 1.88. The van der Waals surface area contributed by atoms with Gasteiger partial charge in [-0.1, -0.05) is 12.1 Å². The Morgan fingerprint density at radius 1 is 1.35 bits per heavy atom. The number of aryl methyl sites for hydroxylation is 1. The molecule has 0 saturated carbocycles. The number of hydrogen-bond acceptors (Lipinski definition) is 4. The molecule has 2 aromatic rings. The van der Waals surface area contributed by atoms with Gasteiger partial charge in [-0.05, 0) is 19.1 Å². The molecule has 122 valence electrons. The SMILES string of the molecule is Cc1coc(CC(=O)O)c1C(=O)NCCOc1ccccc1F. The van der Waals surface area contributed by atoms with Crippen LogP contribution in [-0.4, -0.2) is 30.1 Å². The van der Waals surface area contributed by atoms with Gasteiger partial charge in [-0.3, -0.25) is 9.59 Å². The van der Waals surface area contributed by atoms with Gasteiger partial charge in [0.05, 0.1) is 18.4 Å². The lowest BCUT2D eigenvalue weighted by Crippen LogP contribution is -2.29. The van der Waals surface area contributed by atoms with E-state index in [1.54, 1.807) is 19.1 Å². The van der Waals surface area contributed by atoms with Crippen molar-refractivity contribution < 1.29 is 28.2 Å². The molecular weight excluding hydrogens is 305 g/mol. The second kappa shape index (κ2) is 7.44. The third-order valence-corrected chi connectivity index (χ3v) is 3.07. The van der Waals surface area contributed by atoms with Crippen LogP contribution >= 0.6 is 0 Å². The van der Waals surface area contributed by atoms with Crippen LogP contribution in [0.1, 0.15) is 21.7 Å². The minimum Gasteiger partial charge on any atom is -0.489 e. The van der Waals surface area contributed by atoms with E-state index in [0.29, 0.717) is 5.56 Å². The van der Waals surface area contributed by atoms with E-state index in [0.717, 1.165) is 0 Å². The van der Waals surface area contributed by atoms with Crippen LogP contribution in [0, 0.1) is 12.7 Å². The normalized spacial score (nSPS) is 10.3. The van der Waals surface area contributed by atoms with E-state index in [2.05, 4.69) is 5.32 Å². The molecule has 7 heteroatoms. The van der Waals surface area contributed by atoms with Gasteiger partial charge in [0.2, 0.25) is 0 Å². The molecule has 0 aliphatic rings. The Hall–Kier alpha value is -2.83. The zero-order valence-corrected chi connectivity index (χ0v) is 12.5.